The van der Waals surface area contributed by atoms with E-state index in [9.17, 15) is 0 Å². The molecule has 1 heterocycles. The van der Waals surface area contributed by atoms with Crippen LogP contribution in [0.25, 0.3) is 0 Å². The van der Waals surface area contributed by atoms with Crippen molar-refractivity contribution in [1.29, 1.82) is 0 Å². The molecule has 0 saturated carbocycles. The second kappa shape index (κ2) is 17.6. The Kier molecular flexibility index (Phi) is 15.7. The van der Waals surface area contributed by atoms with Crippen LogP contribution in [0.5, 0.6) is 0 Å². The van der Waals surface area contributed by atoms with Crippen molar-refractivity contribution in [3.8, 4) is 0 Å². The molecule has 150 valence electrons. The molecule has 0 atom stereocenters. The summed E-state index contributed by atoms with van der Waals surface area (Å²) in [5.74, 6) is 0. The second-order valence-electron chi connectivity index (χ2n) is 8.03. The van der Waals surface area contributed by atoms with Gasteiger partial charge >= 0.3 is 0 Å². The summed E-state index contributed by atoms with van der Waals surface area (Å²) in [6.45, 7) is 5.62. The highest BCUT2D eigenvalue weighted by atomic mass is 14.9. The van der Waals surface area contributed by atoms with Crippen LogP contribution in [-0.2, 0) is 13.0 Å². The minimum absolute atomic E-state index is 1.09. The summed E-state index contributed by atoms with van der Waals surface area (Å²) in [6, 6.07) is 6.60. The van der Waals surface area contributed by atoms with Crippen molar-refractivity contribution in [2.24, 2.45) is 0 Å². The van der Waals surface area contributed by atoms with Gasteiger partial charge in [0.1, 0.15) is 6.54 Å². The average Bonchev–Trinajstić information content (AvgIpc) is 2.68. The van der Waals surface area contributed by atoms with E-state index in [1.54, 1.807) is 0 Å². The maximum Gasteiger partial charge on any atom is 0.181 e. The van der Waals surface area contributed by atoms with Gasteiger partial charge in [0.15, 0.2) is 11.9 Å². The fourth-order valence-corrected chi connectivity index (χ4v) is 3.90. The van der Waals surface area contributed by atoms with Crippen LogP contribution in [-0.4, -0.2) is 0 Å². The van der Waals surface area contributed by atoms with Crippen molar-refractivity contribution in [3.05, 3.63) is 30.1 Å². The van der Waals surface area contributed by atoms with Crippen molar-refractivity contribution >= 4 is 0 Å². The minimum atomic E-state index is 1.09. The van der Waals surface area contributed by atoms with Crippen LogP contribution in [0.15, 0.2) is 24.4 Å². The van der Waals surface area contributed by atoms with Crippen LogP contribution in [0.4, 0.5) is 0 Å². The molecule has 26 heavy (non-hydrogen) atoms. The number of hydrogen-bond donors (Lipinski definition) is 0. The Morgan fingerprint density at radius 1 is 0.577 bits per heavy atom. The third-order valence-corrected chi connectivity index (χ3v) is 5.66. The fourth-order valence-electron chi connectivity index (χ4n) is 3.90. The monoisotopic (exact) mass is 360 g/mol. The number of aromatic nitrogens is 1. The minimum Gasteiger partial charge on any atom is -0.203 e. The topological polar surface area (TPSA) is 3.88 Å². The van der Waals surface area contributed by atoms with Gasteiger partial charge in [-0.15, -0.1) is 0 Å². The Bertz CT molecular complexity index is 412. The van der Waals surface area contributed by atoms with Crippen LogP contribution in [0.2, 0.25) is 0 Å². The Hall–Kier alpha value is -0.850. The molecule has 1 nitrogen and oxygen atoms in total. The van der Waals surface area contributed by atoms with Crippen molar-refractivity contribution in [1.82, 2.24) is 0 Å². The molecule has 0 bridgehead atoms. The van der Waals surface area contributed by atoms with E-state index in [4.69, 9.17) is 0 Å². The normalized spacial score (nSPS) is 11.2. The van der Waals surface area contributed by atoms with Gasteiger partial charge in [-0.05, 0) is 13.3 Å². The first-order chi connectivity index (χ1) is 12.9. The molecule has 0 amide bonds. The lowest BCUT2D eigenvalue weighted by molar-refractivity contribution is -0.700. The van der Waals surface area contributed by atoms with Crippen molar-refractivity contribution in [3.63, 3.8) is 0 Å². The van der Waals surface area contributed by atoms with Crippen molar-refractivity contribution in [2.45, 2.75) is 130 Å². The number of pyridine rings is 1. The first-order valence-corrected chi connectivity index (χ1v) is 11.9. The number of nitrogens with zero attached hydrogens (tertiary/aromatic N) is 1. The smallest absolute Gasteiger partial charge is 0.181 e. The van der Waals surface area contributed by atoms with Gasteiger partial charge in [-0.25, -0.2) is 4.57 Å². The predicted molar refractivity (Wildman–Crippen MR) is 116 cm³/mol. The largest absolute Gasteiger partial charge is 0.203 e. The zero-order valence-corrected chi connectivity index (χ0v) is 18.0. The van der Waals surface area contributed by atoms with E-state index in [0.717, 1.165) is 6.54 Å². The lowest BCUT2D eigenvalue weighted by atomic mass is 10.0. The molecule has 0 saturated heterocycles. The molecule has 0 aliphatic rings. The molecule has 1 heteroatoms. The van der Waals surface area contributed by atoms with Gasteiger partial charge in [-0.1, -0.05) is 109 Å². The van der Waals surface area contributed by atoms with Gasteiger partial charge in [0, 0.05) is 18.6 Å². The fraction of sp³-hybridized carbons (Fsp3) is 0.800. The number of aryl methyl sites for hydroxylation is 2. The number of unbranched alkanes of at least 4 members (excludes halogenated alkanes) is 15. The van der Waals surface area contributed by atoms with E-state index in [-0.39, 0.29) is 0 Å². The molecular weight excluding hydrogens is 314 g/mol. The van der Waals surface area contributed by atoms with Crippen LogP contribution < -0.4 is 4.57 Å². The summed E-state index contributed by atoms with van der Waals surface area (Å²) in [6.07, 6.45) is 26.6. The molecule has 0 aromatic carbocycles. The average molecular weight is 361 g/mol. The summed E-state index contributed by atoms with van der Waals surface area (Å²) in [7, 11) is 0. The summed E-state index contributed by atoms with van der Waals surface area (Å²) in [5, 5.41) is 0. The molecule has 0 radical (unpaired) electrons. The number of rotatable bonds is 18. The zero-order chi connectivity index (χ0) is 18.7. The standard InChI is InChI=1S/C25H46N/c1-3-5-6-7-8-9-10-11-12-13-14-15-16-17-18-19-22-25-23-20-21-24-26(25)4-2/h20-21,23-24H,3-19,22H2,1-2H3/q+1. The quantitative estimate of drug-likeness (QED) is 0.186. The summed E-state index contributed by atoms with van der Waals surface area (Å²) < 4.78 is 2.38. The summed E-state index contributed by atoms with van der Waals surface area (Å²) in [5.41, 5.74) is 1.50. The molecule has 1 rings (SSSR count). The zero-order valence-electron chi connectivity index (χ0n) is 18.0. The van der Waals surface area contributed by atoms with E-state index < -0.39 is 0 Å². The molecule has 0 aliphatic carbocycles. The van der Waals surface area contributed by atoms with Crippen LogP contribution in [0.3, 0.4) is 0 Å². The van der Waals surface area contributed by atoms with Gasteiger partial charge in [0.05, 0.1) is 0 Å². The van der Waals surface area contributed by atoms with E-state index in [2.05, 4.69) is 42.8 Å². The third-order valence-electron chi connectivity index (χ3n) is 5.66. The summed E-state index contributed by atoms with van der Waals surface area (Å²) in [4.78, 5) is 0. The van der Waals surface area contributed by atoms with Gasteiger partial charge in [-0.3, -0.25) is 0 Å². The summed E-state index contributed by atoms with van der Waals surface area (Å²) >= 11 is 0. The van der Waals surface area contributed by atoms with E-state index >= 15 is 0 Å². The second-order valence-corrected chi connectivity index (χ2v) is 8.03. The van der Waals surface area contributed by atoms with Crippen LogP contribution in [0, 0.1) is 0 Å². The Balaban J connectivity index is 1.80. The maximum atomic E-state index is 2.38. The highest BCUT2D eigenvalue weighted by Crippen LogP contribution is 2.14. The lowest BCUT2D eigenvalue weighted by Crippen LogP contribution is -2.36. The van der Waals surface area contributed by atoms with Crippen LogP contribution >= 0.6 is 0 Å². The Morgan fingerprint density at radius 3 is 1.50 bits per heavy atom. The Morgan fingerprint density at radius 2 is 1.04 bits per heavy atom. The van der Waals surface area contributed by atoms with Gasteiger partial charge < -0.3 is 0 Å². The van der Waals surface area contributed by atoms with Gasteiger partial charge in [-0.2, -0.15) is 0 Å². The molecular formula is C25H46N+. The predicted octanol–water partition coefficient (Wildman–Crippen LogP) is 7.80. The van der Waals surface area contributed by atoms with Crippen LogP contribution in [0.1, 0.15) is 122 Å². The molecule has 0 aliphatic heterocycles. The molecule has 0 N–H and O–H groups in total. The van der Waals surface area contributed by atoms with E-state index in [0.29, 0.717) is 0 Å². The van der Waals surface area contributed by atoms with Crippen molar-refractivity contribution < 1.29 is 4.57 Å². The molecule has 0 fully saturated rings. The molecule has 0 spiro atoms. The molecule has 1 aromatic rings. The highest BCUT2D eigenvalue weighted by molar-refractivity contribution is 4.97. The number of hydrogen-bond acceptors (Lipinski definition) is 0. The maximum absolute atomic E-state index is 2.38. The lowest BCUT2D eigenvalue weighted by Gasteiger charge is -2.04. The third kappa shape index (κ3) is 12.5. The Labute approximate surface area is 164 Å². The first kappa shape index (κ1) is 23.2. The van der Waals surface area contributed by atoms with E-state index in [1.165, 1.54) is 115 Å². The SMILES string of the molecule is CCCCCCCCCCCCCCCCCCc1cccc[n+]1CC. The van der Waals surface area contributed by atoms with Gasteiger partial charge in [0.2, 0.25) is 0 Å². The molecule has 0 unspecified atom stereocenters. The van der Waals surface area contributed by atoms with Gasteiger partial charge in [0.25, 0.3) is 0 Å². The van der Waals surface area contributed by atoms with Crippen molar-refractivity contribution in [2.75, 3.05) is 0 Å². The first-order valence-electron chi connectivity index (χ1n) is 11.9. The van der Waals surface area contributed by atoms with E-state index in [1.807, 2.05) is 0 Å². The molecule has 1 aromatic heterocycles. The highest BCUT2D eigenvalue weighted by Gasteiger charge is 2.06.